The fourth-order valence-corrected chi connectivity index (χ4v) is 1.83. The molecule has 0 heterocycles. The first-order valence-corrected chi connectivity index (χ1v) is 6.42. The Balaban J connectivity index is 3.00. The molecule has 7 heteroatoms. The van der Waals surface area contributed by atoms with Gasteiger partial charge in [-0.05, 0) is 26.0 Å². The van der Waals surface area contributed by atoms with Crippen molar-refractivity contribution in [2.75, 3.05) is 32.0 Å². The Hall–Kier alpha value is -2.15. The number of nitrogen functional groups attached to an aromatic ring is 1. The highest BCUT2D eigenvalue weighted by atomic mass is 16.6. The Morgan fingerprint density at radius 2 is 2.15 bits per heavy atom. The summed E-state index contributed by atoms with van der Waals surface area (Å²) < 4.78 is 5.20. The van der Waals surface area contributed by atoms with E-state index in [-0.39, 0.29) is 16.9 Å². The number of anilines is 1. The first-order valence-electron chi connectivity index (χ1n) is 6.42. The largest absolute Gasteiger partial charge is 0.393 e. The van der Waals surface area contributed by atoms with Crippen LogP contribution in [0, 0.1) is 10.1 Å². The van der Waals surface area contributed by atoms with Crippen molar-refractivity contribution in [1.82, 2.24) is 4.90 Å². The molecule has 0 saturated heterocycles. The first-order chi connectivity index (χ1) is 9.52. The van der Waals surface area contributed by atoms with Crippen molar-refractivity contribution in [1.29, 1.82) is 0 Å². The zero-order chi connectivity index (χ0) is 15.1. The summed E-state index contributed by atoms with van der Waals surface area (Å²) in [7, 11) is 0. The molecule has 2 N–H and O–H groups in total. The van der Waals surface area contributed by atoms with E-state index in [0.29, 0.717) is 26.3 Å². The third-order valence-corrected chi connectivity index (χ3v) is 2.86. The van der Waals surface area contributed by atoms with Gasteiger partial charge in [0.25, 0.3) is 5.91 Å². The van der Waals surface area contributed by atoms with Crippen LogP contribution in [0.15, 0.2) is 18.2 Å². The van der Waals surface area contributed by atoms with Crippen molar-refractivity contribution in [2.45, 2.75) is 13.8 Å². The van der Waals surface area contributed by atoms with Gasteiger partial charge in [0.15, 0.2) is 0 Å². The average Bonchev–Trinajstić information content (AvgIpc) is 2.42. The number of hydrogen-bond acceptors (Lipinski definition) is 5. The molecule has 0 aromatic heterocycles. The number of benzene rings is 1. The van der Waals surface area contributed by atoms with Crippen LogP contribution in [0.1, 0.15) is 24.2 Å². The molecule has 0 radical (unpaired) electrons. The Kier molecular flexibility index (Phi) is 5.92. The van der Waals surface area contributed by atoms with E-state index in [1.807, 2.05) is 13.8 Å². The number of para-hydroxylation sites is 1. The topological polar surface area (TPSA) is 98.7 Å². The maximum absolute atomic E-state index is 12.4. The van der Waals surface area contributed by atoms with E-state index in [0.717, 1.165) is 0 Å². The van der Waals surface area contributed by atoms with E-state index in [9.17, 15) is 14.9 Å². The number of amides is 1. The zero-order valence-corrected chi connectivity index (χ0v) is 11.7. The molecule has 1 aromatic rings. The summed E-state index contributed by atoms with van der Waals surface area (Å²) in [6.07, 6.45) is 0. The number of nitro groups is 1. The zero-order valence-electron chi connectivity index (χ0n) is 11.7. The summed E-state index contributed by atoms with van der Waals surface area (Å²) in [6, 6.07) is 4.36. The molecule has 0 aliphatic carbocycles. The van der Waals surface area contributed by atoms with Crippen LogP contribution in [0.4, 0.5) is 11.4 Å². The molecule has 0 aliphatic rings. The quantitative estimate of drug-likeness (QED) is 0.355. The van der Waals surface area contributed by atoms with Crippen LogP contribution in [-0.2, 0) is 4.74 Å². The summed E-state index contributed by atoms with van der Waals surface area (Å²) in [5.74, 6) is -0.411. The lowest BCUT2D eigenvalue weighted by Crippen LogP contribution is -2.34. The highest BCUT2D eigenvalue weighted by molar-refractivity contribution is 6.00. The van der Waals surface area contributed by atoms with Gasteiger partial charge in [0.05, 0.1) is 11.5 Å². The molecule has 0 spiro atoms. The van der Waals surface area contributed by atoms with Gasteiger partial charge in [-0.2, -0.15) is 0 Å². The Bertz CT molecular complexity index is 491. The average molecular weight is 281 g/mol. The minimum atomic E-state index is -0.626. The lowest BCUT2D eigenvalue weighted by Gasteiger charge is -2.20. The molecule has 110 valence electrons. The van der Waals surface area contributed by atoms with Crippen LogP contribution in [0.5, 0.6) is 0 Å². The minimum Gasteiger partial charge on any atom is -0.393 e. The van der Waals surface area contributed by atoms with Crippen molar-refractivity contribution in [2.24, 2.45) is 0 Å². The molecule has 0 bridgehead atoms. The van der Waals surface area contributed by atoms with Crippen LogP contribution in [0.25, 0.3) is 0 Å². The maximum Gasteiger partial charge on any atom is 0.304 e. The number of nitrogens with zero attached hydrogens (tertiary/aromatic N) is 2. The second-order valence-electron chi connectivity index (χ2n) is 4.08. The molecule has 1 amide bonds. The second-order valence-corrected chi connectivity index (χ2v) is 4.08. The fourth-order valence-electron chi connectivity index (χ4n) is 1.83. The van der Waals surface area contributed by atoms with Gasteiger partial charge in [0, 0.05) is 19.7 Å². The summed E-state index contributed by atoms with van der Waals surface area (Å²) in [5.41, 5.74) is 5.24. The minimum absolute atomic E-state index is 0.00773. The molecular weight excluding hydrogens is 262 g/mol. The number of ether oxygens (including phenoxy) is 1. The van der Waals surface area contributed by atoms with Crippen molar-refractivity contribution in [3.8, 4) is 0 Å². The predicted octanol–water partition coefficient (Wildman–Crippen LogP) is 1.68. The van der Waals surface area contributed by atoms with E-state index in [4.69, 9.17) is 10.5 Å². The number of likely N-dealkylation sites (N-methyl/N-ethyl adjacent to an activating group) is 1. The van der Waals surface area contributed by atoms with E-state index in [1.165, 1.54) is 23.1 Å². The van der Waals surface area contributed by atoms with Crippen molar-refractivity contribution >= 4 is 17.3 Å². The number of carbonyl (C=O) groups is 1. The highest BCUT2D eigenvalue weighted by Crippen LogP contribution is 2.26. The SMILES string of the molecule is CCOCCN(CC)C(=O)c1cccc(N)c1[N+](=O)[O-]. The fraction of sp³-hybridized carbons (Fsp3) is 0.462. The van der Waals surface area contributed by atoms with Crippen LogP contribution in [-0.4, -0.2) is 42.0 Å². The standard InChI is InChI=1S/C13H19N3O4/c1-3-15(8-9-20-4-2)13(17)10-6-5-7-11(14)12(10)16(18)19/h5-7H,3-4,8-9,14H2,1-2H3. The highest BCUT2D eigenvalue weighted by Gasteiger charge is 2.26. The lowest BCUT2D eigenvalue weighted by atomic mass is 10.1. The predicted molar refractivity (Wildman–Crippen MR) is 75.6 cm³/mol. The third kappa shape index (κ3) is 3.67. The molecule has 0 atom stereocenters. The number of hydrogen-bond donors (Lipinski definition) is 1. The molecule has 0 aliphatic heterocycles. The van der Waals surface area contributed by atoms with Gasteiger partial charge < -0.3 is 15.4 Å². The van der Waals surface area contributed by atoms with Gasteiger partial charge in [-0.1, -0.05) is 6.07 Å². The third-order valence-electron chi connectivity index (χ3n) is 2.86. The monoisotopic (exact) mass is 281 g/mol. The Morgan fingerprint density at radius 1 is 1.45 bits per heavy atom. The van der Waals surface area contributed by atoms with Gasteiger partial charge in [-0.3, -0.25) is 14.9 Å². The lowest BCUT2D eigenvalue weighted by molar-refractivity contribution is -0.384. The van der Waals surface area contributed by atoms with E-state index < -0.39 is 10.8 Å². The maximum atomic E-state index is 12.4. The number of carbonyl (C=O) groups excluding carboxylic acids is 1. The van der Waals surface area contributed by atoms with Gasteiger partial charge in [-0.25, -0.2) is 0 Å². The van der Waals surface area contributed by atoms with E-state index >= 15 is 0 Å². The smallest absolute Gasteiger partial charge is 0.304 e. The molecule has 0 unspecified atom stereocenters. The molecular formula is C13H19N3O4. The number of nitrogens with two attached hydrogens (primary N) is 1. The van der Waals surface area contributed by atoms with Gasteiger partial charge >= 0.3 is 5.69 Å². The van der Waals surface area contributed by atoms with Crippen LogP contribution >= 0.6 is 0 Å². The molecule has 20 heavy (non-hydrogen) atoms. The summed E-state index contributed by atoms with van der Waals surface area (Å²) in [5, 5.41) is 11.0. The van der Waals surface area contributed by atoms with Crippen LogP contribution < -0.4 is 5.73 Å². The summed E-state index contributed by atoms with van der Waals surface area (Å²) in [6.45, 7) is 5.45. The van der Waals surface area contributed by atoms with Gasteiger partial charge in [0.1, 0.15) is 11.3 Å². The molecule has 0 fully saturated rings. The molecule has 1 aromatic carbocycles. The number of rotatable bonds is 7. The summed E-state index contributed by atoms with van der Waals surface area (Å²) in [4.78, 5) is 24.3. The first kappa shape index (κ1) is 15.9. The summed E-state index contributed by atoms with van der Waals surface area (Å²) >= 11 is 0. The second kappa shape index (κ2) is 7.44. The van der Waals surface area contributed by atoms with Crippen molar-refractivity contribution < 1.29 is 14.5 Å². The normalized spacial score (nSPS) is 10.3. The molecule has 1 rings (SSSR count). The van der Waals surface area contributed by atoms with Gasteiger partial charge in [0.2, 0.25) is 0 Å². The van der Waals surface area contributed by atoms with Gasteiger partial charge in [-0.15, -0.1) is 0 Å². The molecule has 0 saturated carbocycles. The van der Waals surface area contributed by atoms with Crippen molar-refractivity contribution in [3.05, 3.63) is 33.9 Å². The Labute approximate surface area is 117 Å². The molecule has 7 nitrogen and oxygen atoms in total. The number of nitro benzene ring substituents is 1. The van der Waals surface area contributed by atoms with Crippen LogP contribution in [0.2, 0.25) is 0 Å². The van der Waals surface area contributed by atoms with Crippen LogP contribution in [0.3, 0.4) is 0 Å². The van der Waals surface area contributed by atoms with Crippen molar-refractivity contribution in [3.63, 3.8) is 0 Å². The Morgan fingerprint density at radius 3 is 2.70 bits per heavy atom. The van der Waals surface area contributed by atoms with E-state index in [1.54, 1.807) is 0 Å². The van der Waals surface area contributed by atoms with E-state index in [2.05, 4.69) is 0 Å².